The highest BCUT2D eigenvalue weighted by Crippen LogP contribution is 2.22. The highest BCUT2D eigenvalue weighted by molar-refractivity contribution is 14.1. The minimum Gasteiger partial charge on any atom is -0.338 e. The quantitative estimate of drug-likeness (QED) is 0.515. The van der Waals surface area contributed by atoms with Gasteiger partial charge in [0.25, 0.3) is 0 Å². The van der Waals surface area contributed by atoms with Crippen LogP contribution in [0.4, 0.5) is 0 Å². The maximum Gasteiger partial charge on any atom is 0.232 e. The van der Waals surface area contributed by atoms with Gasteiger partial charge in [-0.3, -0.25) is 9.59 Å². The molecule has 0 radical (unpaired) electrons. The molecule has 78 valence electrons. The molecule has 2 aliphatic heterocycles. The highest BCUT2D eigenvalue weighted by atomic mass is 127. The van der Waals surface area contributed by atoms with E-state index in [2.05, 4.69) is 22.6 Å². The monoisotopic (exact) mass is 308 g/mol. The Kier molecular flexibility index (Phi) is 2.94. The second-order valence-electron chi connectivity index (χ2n) is 3.75. The van der Waals surface area contributed by atoms with Gasteiger partial charge in [-0.2, -0.15) is 0 Å². The minimum atomic E-state index is 0.199. The molecule has 5 heteroatoms. The summed E-state index contributed by atoms with van der Waals surface area (Å²) in [4.78, 5) is 26.6. The predicted molar refractivity (Wildman–Crippen MR) is 60.2 cm³/mol. The zero-order valence-electron chi connectivity index (χ0n) is 7.91. The molecule has 2 rings (SSSR count). The average Bonchev–Trinajstić information content (AvgIpc) is 2.59. The zero-order valence-corrected chi connectivity index (χ0v) is 10.1. The van der Waals surface area contributed by atoms with Crippen molar-refractivity contribution in [2.24, 2.45) is 0 Å². The standard InChI is InChI=1S/C9H13IN2O2/c10-5-9(14)11-3-4-12-7(6-11)1-2-8(12)13/h7H,1-6H2. The first-order valence-electron chi connectivity index (χ1n) is 4.85. The second kappa shape index (κ2) is 4.04. The fourth-order valence-corrected chi connectivity index (χ4v) is 2.66. The third-order valence-electron chi connectivity index (χ3n) is 2.96. The van der Waals surface area contributed by atoms with Crippen molar-refractivity contribution in [3.8, 4) is 0 Å². The smallest absolute Gasteiger partial charge is 0.232 e. The number of piperazine rings is 1. The molecule has 1 unspecified atom stereocenters. The molecule has 0 aromatic carbocycles. The van der Waals surface area contributed by atoms with Gasteiger partial charge in [-0.1, -0.05) is 22.6 Å². The summed E-state index contributed by atoms with van der Waals surface area (Å²) >= 11 is 2.09. The normalized spacial score (nSPS) is 26.6. The van der Waals surface area contributed by atoms with Crippen LogP contribution in [0.15, 0.2) is 0 Å². The van der Waals surface area contributed by atoms with E-state index in [-0.39, 0.29) is 11.8 Å². The largest absolute Gasteiger partial charge is 0.338 e. The molecule has 0 bridgehead atoms. The Bertz CT molecular complexity index is 270. The van der Waals surface area contributed by atoms with Crippen LogP contribution < -0.4 is 0 Å². The van der Waals surface area contributed by atoms with E-state index < -0.39 is 0 Å². The van der Waals surface area contributed by atoms with Crippen LogP contribution in [0.25, 0.3) is 0 Å². The third kappa shape index (κ3) is 1.74. The van der Waals surface area contributed by atoms with E-state index in [1.54, 1.807) is 0 Å². The summed E-state index contributed by atoms with van der Waals surface area (Å²) in [5, 5.41) is 0. The van der Waals surface area contributed by atoms with E-state index in [0.717, 1.165) is 19.5 Å². The summed E-state index contributed by atoms with van der Waals surface area (Å²) in [6.45, 7) is 2.18. The molecule has 0 spiro atoms. The van der Waals surface area contributed by atoms with E-state index in [9.17, 15) is 9.59 Å². The summed E-state index contributed by atoms with van der Waals surface area (Å²) in [7, 11) is 0. The molecule has 0 N–H and O–H groups in total. The maximum absolute atomic E-state index is 11.5. The highest BCUT2D eigenvalue weighted by Gasteiger charge is 2.36. The number of fused-ring (bicyclic) bond motifs is 1. The summed E-state index contributed by atoms with van der Waals surface area (Å²) < 4.78 is 0.540. The molecular formula is C9H13IN2O2. The molecule has 14 heavy (non-hydrogen) atoms. The van der Waals surface area contributed by atoms with Crippen LogP contribution in [0, 0.1) is 0 Å². The number of carbonyl (C=O) groups is 2. The summed E-state index contributed by atoms with van der Waals surface area (Å²) in [5.41, 5.74) is 0. The van der Waals surface area contributed by atoms with Crippen LogP contribution in [0.5, 0.6) is 0 Å². The lowest BCUT2D eigenvalue weighted by molar-refractivity contribution is -0.137. The van der Waals surface area contributed by atoms with Crippen LogP contribution >= 0.6 is 22.6 Å². The van der Waals surface area contributed by atoms with Gasteiger partial charge in [-0.05, 0) is 6.42 Å². The van der Waals surface area contributed by atoms with Gasteiger partial charge < -0.3 is 9.80 Å². The van der Waals surface area contributed by atoms with Crippen molar-refractivity contribution in [2.45, 2.75) is 18.9 Å². The Hall–Kier alpha value is -0.330. The lowest BCUT2D eigenvalue weighted by Crippen LogP contribution is -2.53. The molecule has 0 aromatic rings. The van der Waals surface area contributed by atoms with E-state index in [0.29, 0.717) is 23.4 Å². The van der Waals surface area contributed by atoms with Gasteiger partial charge in [0.2, 0.25) is 11.8 Å². The van der Waals surface area contributed by atoms with Crippen molar-refractivity contribution >= 4 is 34.4 Å². The fraction of sp³-hybridized carbons (Fsp3) is 0.778. The average molecular weight is 308 g/mol. The Labute approximate surface area is 96.8 Å². The Morgan fingerprint density at radius 2 is 2.29 bits per heavy atom. The molecular weight excluding hydrogens is 295 g/mol. The Morgan fingerprint density at radius 3 is 3.00 bits per heavy atom. The maximum atomic E-state index is 11.5. The van der Waals surface area contributed by atoms with Gasteiger partial charge in [0.1, 0.15) is 0 Å². The van der Waals surface area contributed by atoms with Crippen molar-refractivity contribution in [2.75, 3.05) is 24.1 Å². The van der Waals surface area contributed by atoms with Crippen LogP contribution in [-0.2, 0) is 9.59 Å². The number of nitrogens with zero attached hydrogens (tertiary/aromatic N) is 2. The molecule has 0 aromatic heterocycles. The van der Waals surface area contributed by atoms with E-state index in [4.69, 9.17) is 0 Å². The molecule has 0 saturated carbocycles. The van der Waals surface area contributed by atoms with Crippen LogP contribution in [-0.4, -0.2) is 51.7 Å². The molecule has 1 atom stereocenters. The molecule has 4 nitrogen and oxygen atoms in total. The molecule has 2 heterocycles. The van der Waals surface area contributed by atoms with Gasteiger partial charge in [-0.25, -0.2) is 0 Å². The van der Waals surface area contributed by atoms with Gasteiger partial charge in [0, 0.05) is 32.1 Å². The van der Waals surface area contributed by atoms with Gasteiger partial charge in [0.15, 0.2) is 0 Å². The second-order valence-corrected chi connectivity index (χ2v) is 4.52. The van der Waals surface area contributed by atoms with Crippen molar-refractivity contribution < 1.29 is 9.59 Å². The van der Waals surface area contributed by atoms with E-state index in [1.807, 2.05) is 9.80 Å². The minimum absolute atomic E-state index is 0.199. The molecule has 2 saturated heterocycles. The first-order chi connectivity index (χ1) is 6.72. The van der Waals surface area contributed by atoms with Gasteiger partial charge >= 0.3 is 0 Å². The zero-order chi connectivity index (χ0) is 10.1. The summed E-state index contributed by atoms with van der Waals surface area (Å²) in [6, 6.07) is 0.295. The van der Waals surface area contributed by atoms with Crippen LogP contribution in [0.2, 0.25) is 0 Å². The van der Waals surface area contributed by atoms with Crippen molar-refractivity contribution in [1.82, 2.24) is 9.80 Å². The van der Waals surface area contributed by atoms with E-state index in [1.165, 1.54) is 0 Å². The molecule has 0 aliphatic carbocycles. The lowest BCUT2D eigenvalue weighted by Gasteiger charge is -2.37. The van der Waals surface area contributed by atoms with Crippen LogP contribution in [0.1, 0.15) is 12.8 Å². The topological polar surface area (TPSA) is 40.6 Å². The molecule has 2 aliphatic rings. The summed E-state index contributed by atoms with van der Waals surface area (Å²) in [5.74, 6) is 0.459. The number of amides is 2. The third-order valence-corrected chi connectivity index (χ3v) is 3.61. The van der Waals surface area contributed by atoms with Gasteiger partial charge in [0.05, 0.1) is 4.43 Å². The predicted octanol–water partition coefficient (Wildman–Crippen LogP) is 0.255. The van der Waals surface area contributed by atoms with Crippen molar-refractivity contribution in [3.63, 3.8) is 0 Å². The van der Waals surface area contributed by atoms with Crippen LogP contribution in [0.3, 0.4) is 0 Å². The number of alkyl halides is 1. The lowest BCUT2D eigenvalue weighted by atomic mass is 10.1. The van der Waals surface area contributed by atoms with E-state index >= 15 is 0 Å². The number of halogens is 1. The van der Waals surface area contributed by atoms with Crippen molar-refractivity contribution in [3.05, 3.63) is 0 Å². The SMILES string of the molecule is O=C(CI)N1CCN2C(=O)CCC2C1. The number of hydrogen-bond acceptors (Lipinski definition) is 2. The Balaban J connectivity index is 1.99. The first kappa shape index (κ1) is 10.2. The molecule has 2 fully saturated rings. The van der Waals surface area contributed by atoms with Gasteiger partial charge in [-0.15, -0.1) is 0 Å². The summed E-state index contributed by atoms with van der Waals surface area (Å²) in [6.07, 6.45) is 1.58. The number of hydrogen-bond donors (Lipinski definition) is 0. The van der Waals surface area contributed by atoms with Crippen molar-refractivity contribution in [1.29, 1.82) is 0 Å². The number of carbonyl (C=O) groups excluding carboxylic acids is 2. The first-order valence-corrected chi connectivity index (χ1v) is 6.38. The molecule has 2 amide bonds. The Morgan fingerprint density at radius 1 is 1.50 bits per heavy atom. The number of rotatable bonds is 1. The fourth-order valence-electron chi connectivity index (χ4n) is 2.18.